The Morgan fingerprint density at radius 2 is 2.05 bits per heavy atom. The van der Waals surface area contributed by atoms with E-state index in [1.807, 2.05) is 0 Å². The van der Waals surface area contributed by atoms with Crippen LogP contribution in [0.2, 0.25) is 0 Å². The van der Waals surface area contributed by atoms with Gasteiger partial charge in [0.15, 0.2) is 0 Å². The van der Waals surface area contributed by atoms with E-state index in [9.17, 15) is 9.59 Å². The highest BCUT2D eigenvalue weighted by Gasteiger charge is 2.21. The number of carbonyl (C=O) groups excluding carboxylic acids is 2. The zero-order valence-corrected chi connectivity index (χ0v) is 12.6. The first-order valence-electron chi connectivity index (χ1n) is 6.54. The molecule has 2 heterocycles. The summed E-state index contributed by atoms with van der Waals surface area (Å²) in [7, 11) is 4.67. The molecule has 0 aliphatic rings. The summed E-state index contributed by atoms with van der Waals surface area (Å²) in [6.07, 6.45) is 4.70. The standard InChI is InChI=1S/C14H17N5O3/c1-18(9-12(20)16-10-4-6-15-7-5-10)14(21)11-8-19(2)17-13(11)22-3/h4-8H,9H2,1-3H3,(H,15,16,20). The molecule has 0 bridgehead atoms. The highest BCUT2D eigenvalue weighted by Crippen LogP contribution is 2.16. The van der Waals surface area contributed by atoms with Gasteiger partial charge in [-0.1, -0.05) is 0 Å². The van der Waals surface area contributed by atoms with E-state index < -0.39 is 0 Å². The zero-order valence-electron chi connectivity index (χ0n) is 12.6. The van der Waals surface area contributed by atoms with Crippen molar-refractivity contribution in [2.45, 2.75) is 0 Å². The Labute approximate surface area is 127 Å². The lowest BCUT2D eigenvalue weighted by molar-refractivity contribution is -0.116. The Bertz CT molecular complexity index is 668. The van der Waals surface area contributed by atoms with E-state index in [0.29, 0.717) is 11.3 Å². The van der Waals surface area contributed by atoms with Crippen molar-refractivity contribution >= 4 is 17.5 Å². The van der Waals surface area contributed by atoms with Crippen molar-refractivity contribution in [1.82, 2.24) is 19.7 Å². The van der Waals surface area contributed by atoms with Gasteiger partial charge in [-0.3, -0.25) is 19.3 Å². The van der Waals surface area contributed by atoms with Crippen LogP contribution in [0.4, 0.5) is 5.69 Å². The number of likely N-dealkylation sites (N-methyl/N-ethyl adjacent to an activating group) is 1. The fourth-order valence-corrected chi connectivity index (χ4v) is 1.89. The van der Waals surface area contributed by atoms with Gasteiger partial charge in [-0.25, -0.2) is 0 Å². The molecule has 8 heteroatoms. The Morgan fingerprint density at radius 3 is 2.68 bits per heavy atom. The number of amides is 2. The molecule has 8 nitrogen and oxygen atoms in total. The molecule has 0 radical (unpaired) electrons. The number of hydrogen-bond donors (Lipinski definition) is 1. The van der Waals surface area contributed by atoms with Gasteiger partial charge in [-0.05, 0) is 12.1 Å². The number of aryl methyl sites for hydroxylation is 1. The fourth-order valence-electron chi connectivity index (χ4n) is 1.89. The van der Waals surface area contributed by atoms with Crippen LogP contribution in [0.15, 0.2) is 30.7 Å². The maximum Gasteiger partial charge on any atom is 0.261 e. The first-order chi connectivity index (χ1) is 10.5. The van der Waals surface area contributed by atoms with E-state index >= 15 is 0 Å². The molecular formula is C14H17N5O3. The number of nitrogens with zero attached hydrogens (tertiary/aromatic N) is 4. The SMILES string of the molecule is COc1nn(C)cc1C(=O)N(C)CC(=O)Nc1ccncc1. The van der Waals surface area contributed by atoms with E-state index in [1.54, 1.807) is 44.8 Å². The maximum atomic E-state index is 12.3. The van der Waals surface area contributed by atoms with Gasteiger partial charge in [0.2, 0.25) is 11.8 Å². The molecular weight excluding hydrogens is 286 g/mol. The van der Waals surface area contributed by atoms with Gasteiger partial charge in [0.25, 0.3) is 5.91 Å². The molecule has 0 unspecified atom stereocenters. The summed E-state index contributed by atoms with van der Waals surface area (Å²) in [5.41, 5.74) is 0.934. The lowest BCUT2D eigenvalue weighted by Crippen LogP contribution is -2.35. The smallest absolute Gasteiger partial charge is 0.261 e. The largest absolute Gasteiger partial charge is 0.479 e. The zero-order chi connectivity index (χ0) is 16.1. The molecule has 2 rings (SSSR count). The number of rotatable bonds is 5. The molecule has 2 amide bonds. The van der Waals surface area contributed by atoms with Gasteiger partial charge in [-0.2, -0.15) is 0 Å². The van der Waals surface area contributed by atoms with Crippen LogP contribution in [0.1, 0.15) is 10.4 Å². The van der Waals surface area contributed by atoms with Crippen molar-refractivity contribution in [2.75, 3.05) is 26.0 Å². The molecule has 0 aromatic carbocycles. The van der Waals surface area contributed by atoms with Crippen LogP contribution >= 0.6 is 0 Å². The van der Waals surface area contributed by atoms with Gasteiger partial charge in [0.1, 0.15) is 5.56 Å². The second-order valence-electron chi connectivity index (χ2n) is 4.67. The summed E-state index contributed by atoms with van der Waals surface area (Å²) in [4.78, 5) is 29.4. The highest BCUT2D eigenvalue weighted by molar-refractivity contribution is 6.00. The number of pyridine rings is 1. The summed E-state index contributed by atoms with van der Waals surface area (Å²) < 4.78 is 6.53. The second kappa shape index (κ2) is 6.70. The first-order valence-corrected chi connectivity index (χ1v) is 6.54. The van der Waals surface area contributed by atoms with Crippen LogP contribution in [0, 0.1) is 0 Å². The summed E-state index contributed by atoms with van der Waals surface area (Å²) in [5, 5.41) is 6.71. The maximum absolute atomic E-state index is 12.3. The van der Waals surface area contributed by atoms with Crippen molar-refractivity contribution in [3.63, 3.8) is 0 Å². The minimum Gasteiger partial charge on any atom is -0.479 e. The fraction of sp³-hybridized carbons (Fsp3) is 0.286. The predicted octanol–water partition coefficient (Wildman–Crippen LogP) is 0.534. The quantitative estimate of drug-likeness (QED) is 0.870. The molecule has 0 aliphatic heterocycles. The van der Waals surface area contributed by atoms with Crippen molar-refractivity contribution in [3.8, 4) is 5.88 Å². The van der Waals surface area contributed by atoms with Crippen LogP contribution in [-0.2, 0) is 11.8 Å². The third kappa shape index (κ3) is 3.60. The number of methoxy groups -OCH3 is 1. The molecule has 2 aromatic rings. The number of anilines is 1. The molecule has 2 aromatic heterocycles. The normalized spacial score (nSPS) is 10.1. The minimum atomic E-state index is -0.338. The Hall–Kier alpha value is -2.90. The molecule has 0 aliphatic carbocycles. The Balaban J connectivity index is 2.00. The molecule has 22 heavy (non-hydrogen) atoms. The van der Waals surface area contributed by atoms with Gasteiger partial charge in [0.05, 0.1) is 13.7 Å². The van der Waals surface area contributed by atoms with Crippen LogP contribution < -0.4 is 10.1 Å². The Kier molecular flexibility index (Phi) is 4.72. The average molecular weight is 303 g/mol. The van der Waals surface area contributed by atoms with Crippen LogP contribution in [0.5, 0.6) is 5.88 Å². The minimum absolute atomic E-state index is 0.0841. The van der Waals surface area contributed by atoms with E-state index in [-0.39, 0.29) is 24.2 Å². The van der Waals surface area contributed by atoms with Gasteiger partial charge < -0.3 is 15.0 Å². The van der Waals surface area contributed by atoms with Gasteiger partial charge >= 0.3 is 0 Å². The molecule has 116 valence electrons. The molecule has 0 fully saturated rings. The third-order valence-corrected chi connectivity index (χ3v) is 2.91. The third-order valence-electron chi connectivity index (χ3n) is 2.91. The van der Waals surface area contributed by atoms with Gasteiger partial charge in [-0.15, -0.1) is 5.10 Å². The lowest BCUT2D eigenvalue weighted by Gasteiger charge is -2.16. The average Bonchev–Trinajstić information content (AvgIpc) is 2.88. The van der Waals surface area contributed by atoms with E-state index in [1.165, 1.54) is 16.7 Å². The van der Waals surface area contributed by atoms with E-state index in [0.717, 1.165) is 0 Å². The second-order valence-corrected chi connectivity index (χ2v) is 4.67. The topological polar surface area (TPSA) is 89.4 Å². The van der Waals surface area contributed by atoms with E-state index in [4.69, 9.17) is 4.74 Å². The summed E-state index contributed by atoms with van der Waals surface area (Å²) in [5.74, 6) is -0.409. The van der Waals surface area contributed by atoms with E-state index in [2.05, 4.69) is 15.4 Å². The molecule has 1 N–H and O–H groups in total. The highest BCUT2D eigenvalue weighted by atomic mass is 16.5. The van der Waals surface area contributed by atoms with Crippen molar-refractivity contribution in [1.29, 1.82) is 0 Å². The number of ether oxygens (including phenoxy) is 1. The first kappa shape index (κ1) is 15.5. The molecule has 0 atom stereocenters. The number of carbonyl (C=O) groups is 2. The summed E-state index contributed by atoms with van der Waals surface area (Å²) in [6.45, 7) is -0.0841. The monoisotopic (exact) mass is 303 g/mol. The summed E-state index contributed by atoms with van der Waals surface area (Å²) >= 11 is 0. The number of hydrogen-bond acceptors (Lipinski definition) is 5. The molecule has 0 saturated carbocycles. The van der Waals surface area contributed by atoms with Crippen LogP contribution in [0.3, 0.4) is 0 Å². The molecule has 0 spiro atoms. The summed E-state index contributed by atoms with van der Waals surface area (Å²) in [6, 6.07) is 3.34. The number of nitrogens with one attached hydrogen (secondary N) is 1. The van der Waals surface area contributed by atoms with Crippen LogP contribution in [0.25, 0.3) is 0 Å². The van der Waals surface area contributed by atoms with Crippen LogP contribution in [-0.4, -0.2) is 52.2 Å². The van der Waals surface area contributed by atoms with Gasteiger partial charge in [0, 0.05) is 38.4 Å². The lowest BCUT2D eigenvalue weighted by atomic mass is 10.3. The van der Waals surface area contributed by atoms with Crippen molar-refractivity contribution in [3.05, 3.63) is 36.3 Å². The Morgan fingerprint density at radius 1 is 1.36 bits per heavy atom. The van der Waals surface area contributed by atoms with Crippen molar-refractivity contribution < 1.29 is 14.3 Å². The van der Waals surface area contributed by atoms with Crippen molar-refractivity contribution in [2.24, 2.45) is 7.05 Å². The predicted molar refractivity (Wildman–Crippen MR) is 79.6 cm³/mol. The molecule has 0 saturated heterocycles. The number of aromatic nitrogens is 3.